The molecule has 0 unspecified atom stereocenters. The molecule has 0 aliphatic carbocycles. The lowest BCUT2D eigenvalue weighted by Crippen LogP contribution is -2.41. The first kappa shape index (κ1) is 13.9. The molecule has 1 atom stereocenters. The zero-order chi connectivity index (χ0) is 14.9. The van der Waals surface area contributed by atoms with Crippen molar-refractivity contribution in [2.75, 3.05) is 0 Å². The molecule has 0 aromatic heterocycles. The quantitative estimate of drug-likeness (QED) is 0.794. The number of halogens is 2. The van der Waals surface area contributed by atoms with E-state index < -0.39 is 11.6 Å². The van der Waals surface area contributed by atoms with Gasteiger partial charge in [-0.05, 0) is 17.7 Å². The molecule has 1 aliphatic heterocycles. The number of oxime groups is 1. The Labute approximate surface area is 129 Å². The van der Waals surface area contributed by atoms with Crippen molar-refractivity contribution in [1.29, 1.82) is 0 Å². The van der Waals surface area contributed by atoms with Crippen molar-refractivity contribution in [2.24, 2.45) is 5.16 Å². The highest BCUT2D eigenvalue weighted by molar-refractivity contribution is 9.10. The fourth-order valence-corrected chi connectivity index (χ4v) is 2.52. The Hall–Kier alpha value is -2.01. The first-order valence-electron chi connectivity index (χ1n) is 6.38. The Morgan fingerprint density at radius 3 is 2.43 bits per heavy atom. The van der Waals surface area contributed by atoms with Gasteiger partial charge in [0.05, 0.1) is 0 Å². The Kier molecular flexibility index (Phi) is 3.59. The molecule has 106 valence electrons. The summed E-state index contributed by atoms with van der Waals surface area (Å²) in [6, 6.07) is 15.9. The summed E-state index contributed by atoms with van der Waals surface area (Å²) in [6.45, 7) is 0. The summed E-state index contributed by atoms with van der Waals surface area (Å²) >= 11 is 3.32. The average molecular weight is 348 g/mol. The first-order chi connectivity index (χ1) is 10.1. The van der Waals surface area contributed by atoms with Gasteiger partial charge in [-0.3, -0.25) is 0 Å². The fourth-order valence-electron chi connectivity index (χ4n) is 2.25. The van der Waals surface area contributed by atoms with E-state index in [9.17, 15) is 4.79 Å². The molecule has 0 amide bonds. The van der Waals surface area contributed by atoms with Crippen LogP contribution in [0.4, 0.5) is 4.39 Å². The zero-order valence-electron chi connectivity index (χ0n) is 10.9. The number of rotatable bonds is 3. The zero-order valence-corrected chi connectivity index (χ0v) is 12.5. The van der Waals surface area contributed by atoms with Crippen molar-refractivity contribution in [3.05, 3.63) is 70.2 Å². The maximum atomic E-state index is 15.2. The van der Waals surface area contributed by atoms with Crippen molar-refractivity contribution in [1.82, 2.24) is 0 Å². The van der Waals surface area contributed by atoms with Gasteiger partial charge >= 0.3 is 5.97 Å². The van der Waals surface area contributed by atoms with Crippen LogP contribution in [0.25, 0.3) is 0 Å². The van der Waals surface area contributed by atoms with Gasteiger partial charge in [-0.1, -0.05) is 63.6 Å². The van der Waals surface area contributed by atoms with Crippen LogP contribution in [0.3, 0.4) is 0 Å². The van der Waals surface area contributed by atoms with Crippen molar-refractivity contribution < 1.29 is 14.0 Å². The van der Waals surface area contributed by atoms with Gasteiger partial charge in [-0.2, -0.15) is 0 Å². The molecule has 2 aromatic rings. The van der Waals surface area contributed by atoms with E-state index in [4.69, 9.17) is 0 Å². The number of carbonyl (C=O) groups is 1. The van der Waals surface area contributed by atoms with E-state index in [1.165, 1.54) is 0 Å². The van der Waals surface area contributed by atoms with Gasteiger partial charge < -0.3 is 4.84 Å². The second-order valence-electron chi connectivity index (χ2n) is 4.79. The van der Waals surface area contributed by atoms with Crippen LogP contribution in [0, 0.1) is 0 Å². The molecule has 5 heteroatoms. The third kappa shape index (κ3) is 2.61. The minimum Gasteiger partial charge on any atom is -0.314 e. The van der Waals surface area contributed by atoms with Crippen molar-refractivity contribution >= 4 is 27.6 Å². The molecule has 21 heavy (non-hydrogen) atoms. The van der Waals surface area contributed by atoms with E-state index in [-0.39, 0.29) is 12.1 Å². The van der Waals surface area contributed by atoms with Gasteiger partial charge in [-0.15, -0.1) is 0 Å². The van der Waals surface area contributed by atoms with Crippen LogP contribution in [0.2, 0.25) is 0 Å². The molecule has 0 saturated carbocycles. The Morgan fingerprint density at radius 1 is 1.10 bits per heavy atom. The van der Waals surface area contributed by atoms with Crippen LogP contribution in [0.1, 0.15) is 11.1 Å². The number of alkyl halides is 1. The van der Waals surface area contributed by atoms with Gasteiger partial charge in [0, 0.05) is 16.5 Å². The van der Waals surface area contributed by atoms with E-state index in [2.05, 4.69) is 25.9 Å². The molecule has 0 radical (unpaired) electrons. The topological polar surface area (TPSA) is 38.7 Å². The second kappa shape index (κ2) is 5.41. The van der Waals surface area contributed by atoms with Crippen LogP contribution in [0.15, 0.2) is 64.2 Å². The SMILES string of the molecule is O=C1ON=C(c2ccc(Br)cc2)[C@@]1(F)Cc1ccccc1. The number of carbonyl (C=O) groups excluding carboxylic acids is 1. The number of nitrogens with zero attached hydrogens (tertiary/aromatic N) is 1. The molecule has 0 N–H and O–H groups in total. The Balaban J connectivity index is 1.96. The minimum absolute atomic E-state index is 0.0175. The van der Waals surface area contributed by atoms with Crippen LogP contribution in [-0.2, 0) is 16.1 Å². The molecule has 3 nitrogen and oxygen atoms in total. The monoisotopic (exact) mass is 347 g/mol. The second-order valence-corrected chi connectivity index (χ2v) is 5.70. The normalized spacial score (nSPS) is 21.0. The third-order valence-electron chi connectivity index (χ3n) is 3.33. The minimum atomic E-state index is -2.25. The Bertz CT molecular complexity index is 700. The lowest BCUT2D eigenvalue weighted by Gasteiger charge is -2.17. The van der Waals surface area contributed by atoms with E-state index in [0.717, 1.165) is 4.47 Å². The van der Waals surface area contributed by atoms with Crippen LogP contribution >= 0.6 is 15.9 Å². The predicted octanol–water partition coefficient (Wildman–Crippen LogP) is 3.66. The lowest BCUT2D eigenvalue weighted by atomic mass is 9.88. The standard InChI is InChI=1S/C16H11BrFNO2/c17-13-8-6-12(7-9-13)14-16(18,15(20)21-19-14)10-11-4-2-1-3-5-11/h1-9H,10H2/t16-/m0/s1. The van der Waals surface area contributed by atoms with Crippen LogP contribution in [0.5, 0.6) is 0 Å². The first-order valence-corrected chi connectivity index (χ1v) is 7.17. The third-order valence-corrected chi connectivity index (χ3v) is 3.86. The molecule has 1 aliphatic rings. The van der Waals surface area contributed by atoms with E-state index in [1.807, 2.05) is 6.07 Å². The summed E-state index contributed by atoms with van der Waals surface area (Å²) in [4.78, 5) is 16.4. The van der Waals surface area contributed by atoms with Crippen LogP contribution in [-0.4, -0.2) is 17.3 Å². The summed E-state index contributed by atoms with van der Waals surface area (Å²) in [5.41, 5.74) is -0.996. The fraction of sp³-hybridized carbons (Fsp3) is 0.125. The summed E-state index contributed by atoms with van der Waals surface area (Å²) < 4.78 is 16.1. The molecule has 0 fully saturated rings. The highest BCUT2D eigenvalue weighted by Gasteiger charge is 2.51. The van der Waals surface area contributed by atoms with Gasteiger partial charge in [0.1, 0.15) is 5.71 Å². The van der Waals surface area contributed by atoms with E-state index in [1.54, 1.807) is 48.5 Å². The van der Waals surface area contributed by atoms with Crippen molar-refractivity contribution in [3.8, 4) is 0 Å². The van der Waals surface area contributed by atoms with Crippen molar-refractivity contribution in [2.45, 2.75) is 12.1 Å². The van der Waals surface area contributed by atoms with Crippen molar-refractivity contribution in [3.63, 3.8) is 0 Å². The summed E-state index contributed by atoms with van der Waals surface area (Å²) in [6.07, 6.45) is -0.0957. The summed E-state index contributed by atoms with van der Waals surface area (Å²) in [5.74, 6) is -0.968. The number of hydrogen-bond acceptors (Lipinski definition) is 3. The number of benzene rings is 2. The number of hydrogen-bond donors (Lipinski definition) is 0. The smallest absolute Gasteiger partial charge is 0.314 e. The maximum absolute atomic E-state index is 15.2. The molecule has 0 saturated heterocycles. The molecule has 2 aromatic carbocycles. The largest absolute Gasteiger partial charge is 0.378 e. The van der Waals surface area contributed by atoms with Crippen LogP contribution < -0.4 is 0 Å². The van der Waals surface area contributed by atoms with E-state index >= 15 is 4.39 Å². The highest BCUT2D eigenvalue weighted by Crippen LogP contribution is 2.31. The average Bonchev–Trinajstić information content (AvgIpc) is 2.77. The van der Waals surface area contributed by atoms with Gasteiger partial charge in [0.2, 0.25) is 0 Å². The molecule has 0 bridgehead atoms. The Morgan fingerprint density at radius 2 is 1.76 bits per heavy atom. The highest BCUT2D eigenvalue weighted by atomic mass is 79.9. The molecular weight excluding hydrogens is 337 g/mol. The molecule has 1 heterocycles. The molecule has 0 spiro atoms. The van der Waals surface area contributed by atoms with Gasteiger partial charge in [0.25, 0.3) is 5.67 Å². The summed E-state index contributed by atoms with van der Waals surface area (Å²) in [5, 5.41) is 3.64. The predicted molar refractivity (Wildman–Crippen MR) is 80.8 cm³/mol. The van der Waals surface area contributed by atoms with Gasteiger partial charge in [-0.25, -0.2) is 9.18 Å². The lowest BCUT2D eigenvalue weighted by molar-refractivity contribution is -0.149. The summed E-state index contributed by atoms with van der Waals surface area (Å²) in [7, 11) is 0. The molecular formula is C16H11BrFNO2. The molecule has 3 rings (SSSR count). The van der Waals surface area contributed by atoms with E-state index in [0.29, 0.717) is 11.1 Å². The maximum Gasteiger partial charge on any atom is 0.378 e. The van der Waals surface area contributed by atoms with Gasteiger partial charge in [0.15, 0.2) is 0 Å².